The molecule has 1 fully saturated rings. The normalized spacial score (nSPS) is 13.3. The molecule has 1 N–H and O–H groups in total. The molecule has 0 bridgehead atoms. The minimum Gasteiger partial charge on any atom is -0.477 e. The number of ether oxygens (including phenoxy) is 1. The first-order valence-electron chi connectivity index (χ1n) is 9.29. The van der Waals surface area contributed by atoms with Crippen LogP contribution in [0.4, 0.5) is 4.39 Å². The summed E-state index contributed by atoms with van der Waals surface area (Å²) in [5, 5.41) is 6.78. The van der Waals surface area contributed by atoms with Crippen LogP contribution in [0.3, 0.4) is 0 Å². The molecular weight excluding hydrogens is 397 g/mol. The number of amides is 1. The van der Waals surface area contributed by atoms with E-state index in [0.717, 1.165) is 5.56 Å². The Kier molecular flexibility index (Phi) is 5.49. The predicted octanol–water partition coefficient (Wildman–Crippen LogP) is 4.56. The molecule has 1 saturated carbocycles. The molecule has 1 aromatic carbocycles. The van der Waals surface area contributed by atoms with E-state index in [1.807, 2.05) is 6.07 Å². The van der Waals surface area contributed by atoms with Crippen molar-refractivity contribution in [1.82, 2.24) is 15.5 Å². The number of rotatable bonds is 7. The lowest BCUT2D eigenvalue weighted by Gasteiger charge is -2.08. The number of hydrogen-bond acceptors (Lipinski definition) is 5. The molecule has 2 aromatic heterocycles. The van der Waals surface area contributed by atoms with E-state index in [1.54, 1.807) is 19.2 Å². The van der Waals surface area contributed by atoms with Crippen LogP contribution >= 0.6 is 11.6 Å². The Morgan fingerprint density at radius 1 is 1.34 bits per heavy atom. The molecule has 1 amide bonds. The number of nitrogens with one attached hydrogen (secondary N) is 1. The molecule has 6 nitrogen and oxygen atoms in total. The molecule has 0 spiro atoms. The van der Waals surface area contributed by atoms with Crippen LogP contribution in [0.1, 0.15) is 34.5 Å². The molecule has 2 heterocycles. The van der Waals surface area contributed by atoms with E-state index in [9.17, 15) is 9.18 Å². The smallest absolute Gasteiger partial charge is 0.257 e. The second kappa shape index (κ2) is 8.21. The Morgan fingerprint density at radius 2 is 2.17 bits per heavy atom. The molecule has 0 aliphatic heterocycles. The predicted molar refractivity (Wildman–Crippen MR) is 105 cm³/mol. The van der Waals surface area contributed by atoms with Gasteiger partial charge in [-0.3, -0.25) is 4.79 Å². The number of carbonyl (C=O) groups excluding carboxylic acids is 1. The summed E-state index contributed by atoms with van der Waals surface area (Å²) in [6.07, 6.45) is 4.08. The number of aryl methyl sites for hydroxylation is 1. The number of pyridine rings is 1. The number of halogens is 2. The van der Waals surface area contributed by atoms with E-state index in [1.165, 1.54) is 31.0 Å². The lowest BCUT2D eigenvalue weighted by Crippen LogP contribution is -2.23. The van der Waals surface area contributed by atoms with Gasteiger partial charge in [-0.05, 0) is 43.4 Å². The lowest BCUT2D eigenvalue weighted by molar-refractivity contribution is 0.0950. The molecule has 3 aromatic rings. The van der Waals surface area contributed by atoms with E-state index >= 15 is 0 Å². The Morgan fingerprint density at radius 3 is 2.86 bits per heavy atom. The summed E-state index contributed by atoms with van der Waals surface area (Å²) in [5.41, 5.74) is 1.06. The van der Waals surface area contributed by atoms with Crippen LogP contribution in [0.25, 0.3) is 11.3 Å². The van der Waals surface area contributed by atoms with Crippen molar-refractivity contribution in [3.8, 4) is 17.1 Å². The third-order valence-corrected chi connectivity index (χ3v) is 5.02. The number of carbonyl (C=O) groups is 1. The highest BCUT2D eigenvalue weighted by Gasteiger charge is 2.25. The SMILES string of the molecule is Cc1onc(-c2c(F)cccc2Cl)c1C(=O)NCc1ccc(OCC2CC2)nc1. The fourth-order valence-electron chi connectivity index (χ4n) is 2.89. The van der Waals surface area contributed by atoms with Gasteiger partial charge in [0.25, 0.3) is 5.91 Å². The van der Waals surface area contributed by atoms with Gasteiger partial charge in [0, 0.05) is 18.8 Å². The lowest BCUT2D eigenvalue weighted by atomic mass is 10.0. The molecule has 29 heavy (non-hydrogen) atoms. The van der Waals surface area contributed by atoms with Crippen molar-refractivity contribution in [2.75, 3.05) is 6.61 Å². The highest BCUT2D eigenvalue weighted by molar-refractivity contribution is 6.33. The van der Waals surface area contributed by atoms with Gasteiger partial charge in [-0.2, -0.15) is 0 Å². The highest BCUT2D eigenvalue weighted by atomic mass is 35.5. The van der Waals surface area contributed by atoms with Crippen LogP contribution in [0, 0.1) is 18.7 Å². The first-order valence-corrected chi connectivity index (χ1v) is 9.67. The average Bonchev–Trinajstić information content (AvgIpc) is 3.47. The van der Waals surface area contributed by atoms with Gasteiger partial charge in [-0.15, -0.1) is 0 Å². The quantitative estimate of drug-likeness (QED) is 0.612. The van der Waals surface area contributed by atoms with Gasteiger partial charge in [-0.1, -0.05) is 28.9 Å². The van der Waals surface area contributed by atoms with Crippen molar-refractivity contribution in [2.24, 2.45) is 5.92 Å². The molecular formula is C21H19ClFN3O3. The van der Waals surface area contributed by atoms with E-state index in [-0.39, 0.29) is 34.1 Å². The molecule has 0 atom stereocenters. The van der Waals surface area contributed by atoms with E-state index < -0.39 is 11.7 Å². The van der Waals surface area contributed by atoms with Gasteiger partial charge in [0.2, 0.25) is 5.88 Å². The molecule has 150 valence electrons. The molecule has 8 heteroatoms. The zero-order valence-electron chi connectivity index (χ0n) is 15.7. The molecule has 1 aliphatic rings. The standard InChI is InChI=1S/C21H19ClFN3O3/c1-12-18(20(26-29-12)19-15(22)3-2-4-16(19)23)21(27)25-10-14-7-8-17(24-9-14)28-11-13-5-6-13/h2-4,7-9,13H,5-6,10-11H2,1H3,(H,25,27). The van der Waals surface area contributed by atoms with Crippen molar-refractivity contribution >= 4 is 17.5 Å². The number of hydrogen-bond donors (Lipinski definition) is 1. The zero-order valence-corrected chi connectivity index (χ0v) is 16.5. The number of aromatic nitrogens is 2. The first-order chi connectivity index (χ1) is 14.0. The summed E-state index contributed by atoms with van der Waals surface area (Å²) in [6, 6.07) is 7.89. The largest absolute Gasteiger partial charge is 0.477 e. The topological polar surface area (TPSA) is 77.2 Å². The van der Waals surface area contributed by atoms with E-state index in [0.29, 0.717) is 18.4 Å². The first kappa shape index (κ1) is 19.4. The van der Waals surface area contributed by atoms with Crippen molar-refractivity contribution < 1.29 is 18.4 Å². The van der Waals surface area contributed by atoms with Crippen LogP contribution < -0.4 is 10.1 Å². The van der Waals surface area contributed by atoms with E-state index in [2.05, 4.69) is 15.5 Å². The minimum atomic E-state index is -0.578. The third-order valence-electron chi connectivity index (χ3n) is 4.70. The highest BCUT2D eigenvalue weighted by Crippen LogP contribution is 2.33. The van der Waals surface area contributed by atoms with Crippen LogP contribution in [0.5, 0.6) is 5.88 Å². The molecule has 1 aliphatic carbocycles. The maximum absolute atomic E-state index is 14.3. The summed E-state index contributed by atoms with van der Waals surface area (Å²) < 4.78 is 25.0. The summed E-state index contributed by atoms with van der Waals surface area (Å²) in [6.45, 7) is 2.52. The molecule has 0 radical (unpaired) electrons. The Labute approximate surface area is 172 Å². The fourth-order valence-corrected chi connectivity index (χ4v) is 3.15. The Hall–Kier alpha value is -2.93. The molecule has 4 rings (SSSR count). The molecule has 0 unspecified atom stereocenters. The second-order valence-electron chi connectivity index (χ2n) is 7.00. The summed E-state index contributed by atoms with van der Waals surface area (Å²) in [7, 11) is 0. The van der Waals surface area contributed by atoms with Crippen molar-refractivity contribution in [3.05, 3.63) is 64.3 Å². The van der Waals surface area contributed by atoms with Gasteiger partial charge in [-0.25, -0.2) is 9.37 Å². The summed E-state index contributed by atoms with van der Waals surface area (Å²) >= 11 is 6.11. The van der Waals surface area contributed by atoms with Crippen molar-refractivity contribution in [3.63, 3.8) is 0 Å². The van der Waals surface area contributed by atoms with Gasteiger partial charge in [0.05, 0.1) is 17.2 Å². The van der Waals surface area contributed by atoms with Gasteiger partial charge in [0.15, 0.2) is 0 Å². The van der Waals surface area contributed by atoms with Gasteiger partial charge in [0.1, 0.15) is 22.8 Å². The monoisotopic (exact) mass is 415 g/mol. The number of nitrogens with zero attached hydrogens (tertiary/aromatic N) is 2. The summed E-state index contributed by atoms with van der Waals surface area (Å²) in [5.74, 6) is 0.481. The Bertz CT molecular complexity index is 1010. The van der Waals surface area contributed by atoms with Crippen molar-refractivity contribution in [1.29, 1.82) is 0 Å². The Balaban J connectivity index is 1.46. The van der Waals surface area contributed by atoms with E-state index in [4.69, 9.17) is 20.9 Å². The van der Waals surface area contributed by atoms with Gasteiger partial charge >= 0.3 is 0 Å². The molecule has 0 saturated heterocycles. The maximum Gasteiger partial charge on any atom is 0.257 e. The second-order valence-corrected chi connectivity index (χ2v) is 7.41. The van der Waals surface area contributed by atoms with Crippen LogP contribution in [0.15, 0.2) is 41.1 Å². The minimum absolute atomic E-state index is 0.0370. The van der Waals surface area contributed by atoms with Crippen LogP contribution in [-0.4, -0.2) is 22.7 Å². The zero-order chi connectivity index (χ0) is 20.4. The maximum atomic E-state index is 14.3. The fraction of sp³-hybridized carbons (Fsp3) is 0.286. The summed E-state index contributed by atoms with van der Waals surface area (Å²) in [4.78, 5) is 17.0. The van der Waals surface area contributed by atoms with Crippen LogP contribution in [-0.2, 0) is 6.54 Å². The average molecular weight is 416 g/mol. The number of benzene rings is 1. The van der Waals surface area contributed by atoms with Crippen LogP contribution in [0.2, 0.25) is 5.02 Å². The third kappa shape index (κ3) is 4.40. The van der Waals surface area contributed by atoms with Crippen molar-refractivity contribution in [2.45, 2.75) is 26.3 Å². The van der Waals surface area contributed by atoms with Gasteiger partial charge < -0.3 is 14.6 Å².